The van der Waals surface area contributed by atoms with E-state index >= 15 is 0 Å². The van der Waals surface area contributed by atoms with Crippen molar-refractivity contribution in [1.82, 2.24) is 15.5 Å². The van der Waals surface area contributed by atoms with E-state index in [0.717, 1.165) is 38.5 Å². The molecular weight excluding hydrogens is 542 g/mol. The summed E-state index contributed by atoms with van der Waals surface area (Å²) in [4.78, 5) is 6.40. The molecule has 0 radical (unpaired) electrons. The van der Waals surface area contributed by atoms with Crippen molar-refractivity contribution in [2.75, 3.05) is 32.4 Å². The fraction of sp³-hybridized carbons (Fsp3) is 0.435. The van der Waals surface area contributed by atoms with E-state index in [2.05, 4.69) is 51.7 Å². The molecule has 0 amide bonds. The zero-order valence-electron chi connectivity index (χ0n) is 18.6. The van der Waals surface area contributed by atoms with Crippen molar-refractivity contribution in [3.05, 3.63) is 65.5 Å². The van der Waals surface area contributed by atoms with Crippen LogP contribution in [0.15, 0.2) is 58.4 Å². The minimum absolute atomic E-state index is 0. The molecule has 0 aromatic heterocycles. The van der Waals surface area contributed by atoms with Crippen molar-refractivity contribution in [1.29, 1.82) is 0 Å². The molecule has 2 aromatic carbocycles. The van der Waals surface area contributed by atoms with Crippen molar-refractivity contribution in [2.45, 2.75) is 37.2 Å². The molecule has 6 nitrogen and oxygen atoms in total. The Hall–Kier alpha value is -1.72. The number of aryl methyl sites for hydroxylation is 1. The van der Waals surface area contributed by atoms with Gasteiger partial charge in [-0.1, -0.05) is 36.4 Å². The monoisotopic (exact) mass is 574 g/mol. The van der Waals surface area contributed by atoms with E-state index in [1.165, 1.54) is 29.3 Å². The molecule has 0 spiro atoms. The summed E-state index contributed by atoms with van der Waals surface area (Å²) < 4.78 is 38.6. The number of halogens is 2. The zero-order chi connectivity index (χ0) is 22.3. The van der Waals surface area contributed by atoms with Gasteiger partial charge in [-0.15, -0.1) is 24.0 Å². The molecule has 0 aliphatic carbocycles. The van der Waals surface area contributed by atoms with Crippen LogP contribution in [0.1, 0.15) is 24.0 Å². The molecule has 0 bridgehead atoms. The van der Waals surface area contributed by atoms with E-state index in [-0.39, 0.29) is 47.2 Å². The van der Waals surface area contributed by atoms with Crippen molar-refractivity contribution in [3.8, 4) is 0 Å². The average molecular weight is 575 g/mol. The number of likely N-dealkylation sites (tertiary alicyclic amines) is 1. The summed E-state index contributed by atoms with van der Waals surface area (Å²) in [6, 6.07) is 14.2. The topological polar surface area (TPSA) is 73.8 Å². The van der Waals surface area contributed by atoms with Crippen molar-refractivity contribution >= 4 is 39.8 Å². The first-order valence-electron chi connectivity index (χ1n) is 10.6. The molecule has 3 rings (SSSR count). The molecule has 2 N–H and O–H groups in total. The number of hydrogen-bond acceptors (Lipinski definition) is 4. The molecule has 1 aliphatic rings. The molecular formula is C23H32FIN4O2S. The number of nitrogens with one attached hydrogen (secondary N) is 2. The lowest BCUT2D eigenvalue weighted by Crippen LogP contribution is -2.49. The van der Waals surface area contributed by atoms with Crippen LogP contribution >= 0.6 is 24.0 Å². The van der Waals surface area contributed by atoms with E-state index in [9.17, 15) is 12.8 Å². The predicted molar refractivity (Wildman–Crippen MR) is 138 cm³/mol. The summed E-state index contributed by atoms with van der Waals surface area (Å²) in [7, 11) is -2.03. The third-order valence-corrected chi connectivity index (χ3v) is 7.38. The van der Waals surface area contributed by atoms with Crippen molar-refractivity contribution in [2.24, 2.45) is 4.99 Å². The summed E-state index contributed by atoms with van der Waals surface area (Å²) in [5.41, 5.74) is 2.68. The van der Waals surface area contributed by atoms with Crippen LogP contribution < -0.4 is 10.6 Å². The fourth-order valence-electron chi connectivity index (χ4n) is 3.76. The van der Waals surface area contributed by atoms with Gasteiger partial charge in [-0.25, -0.2) is 12.8 Å². The third kappa shape index (κ3) is 7.41. The van der Waals surface area contributed by atoms with E-state index < -0.39 is 15.7 Å². The van der Waals surface area contributed by atoms with Gasteiger partial charge in [0, 0.05) is 39.3 Å². The first-order chi connectivity index (χ1) is 14.9. The lowest BCUT2D eigenvalue weighted by molar-refractivity contribution is 0.198. The Bertz CT molecular complexity index is 1010. The number of hydrogen-bond donors (Lipinski definition) is 2. The number of sulfone groups is 1. The van der Waals surface area contributed by atoms with Crippen LogP contribution in [-0.2, 0) is 16.4 Å². The predicted octanol–water partition coefficient (Wildman–Crippen LogP) is 3.36. The summed E-state index contributed by atoms with van der Waals surface area (Å²) in [6.07, 6.45) is 1.97. The smallest absolute Gasteiger partial charge is 0.191 e. The van der Waals surface area contributed by atoms with Crippen LogP contribution in [-0.4, -0.2) is 57.8 Å². The quantitative estimate of drug-likeness (QED) is 0.302. The number of piperidine rings is 1. The van der Waals surface area contributed by atoms with Crippen LogP contribution in [0.3, 0.4) is 0 Å². The van der Waals surface area contributed by atoms with Gasteiger partial charge in [-0.3, -0.25) is 9.89 Å². The maximum absolute atomic E-state index is 13.8. The third-order valence-electron chi connectivity index (χ3n) is 5.64. The van der Waals surface area contributed by atoms with Gasteiger partial charge in [0.15, 0.2) is 15.8 Å². The highest BCUT2D eigenvalue weighted by Gasteiger charge is 2.21. The largest absolute Gasteiger partial charge is 0.355 e. The Kier molecular flexibility index (Phi) is 10.4. The minimum Gasteiger partial charge on any atom is -0.355 e. The van der Waals surface area contributed by atoms with Gasteiger partial charge in [0.1, 0.15) is 10.7 Å². The number of nitrogens with zero attached hydrogens (tertiary/aromatic N) is 2. The molecule has 9 heteroatoms. The van der Waals surface area contributed by atoms with Crippen molar-refractivity contribution in [3.63, 3.8) is 0 Å². The summed E-state index contributed by atoms with van der Waals surface area (Å²) in [6.45, 7) is 5.24. The Morgan fingerprint density at radius 2 is 1.78 bits per heavy atom. The van der Waals surface area contributed by atoms with Crippen molar-refractivity contribution < 1.29 is 12.8 Å². The zero-order valence-corrected chi connectivity index (χ0v) is 21.7. The molecule has 176 valence electrons. The molecule has 32 heavy (non-hydrogen) atoms. The van der Waals surface area contributed by atoms with Gasteiger partial charge < -0.3 is 10.6 Å². The second-order valence-corrected chi connectivity index (χ2v) is 9.95. The lowest BCUT2D eigenvalue weighted by atomic mass is 10.0. The summed E-state index contributed by atoms with van der Waals surface area (Å²) >= 11 is 0. The maximum Gasteiger partial charge on any atom is 0.191 e. The summed E-state index contributed by atoms with van der Waals surface area (Å²) in [5, 5.41) is 6.43. The Balaban J connectivity index is 0.00000363. The van der Waals surface area contributed by atoms with Crippen LogP contribution in [0.2, 0.25) is 0 Å². The molecule has 2 aromatic rings. The van der Waals surface area contributed by atoms with Gasteiger partial charge in [0.2, 0.25) is 0 Å². The van der Waals surface area contributed by atoms with Crippen LogP contribution in [0.25, 0.3) is 0 Å². The molecule has 0 saturated carbocycles. The van der Waals surface area contributed by atoms with E-state index in [1.807, 2.05) is 0 Å². The standard InChI is InChI=1S/C23H31FN4O2S.HI/c1-18-7-3-4-8-19(18)17-28-14-11-20(12-15-28)27-23(25-2)26-13-16-31(29,30)22-10-6-5-9-21(22)24;/h3-10,20H,11-17H2,1-2H3,(H2,25,26,27);1H. The van der Waals surface area contributed by atoms with Gasteiger partial charge in [-0.2, -0.15) is 0 Å². The normalized spacial score (nSPS) is 15.8. The second kappa shape index (κ2) is 12.5. The van der Waals surface area contributed by atoms with E-state index in [4.69, 9.17) is 0 Å². The molecule has 1 aliphatic heterocycles. The Labute approximate surface area is 207 Å². The van der Waals surface area contributed by atoms with Gasteiger partial charge in [-0.05, 0) is 43.0 Å². The number of aliphatic imine (C=N–C) groups is 1. The lowest BCUT2D eigenvalue weighted by Gasteiger charge is -2.33. The fourth-order valence-corrected chi connectivity index (χ4v) is 5.00. The SMILES string of the molecule is CN=C(NCCS(=O)(=O)c1ccccc1F)NC1CCN(Cc2ccccc2C)CC1.I. The molecule has 0 unspecified atom stereocenters. The Morgan fingerprint density at radius 3 is 2.44 bits per heavy atom. The maximum atomic E-state index is 13.8. The highest BCUT2D eigenvalue weighted by molar-refractivity contribution is 14.0. The highest BCUT2D eigenvalue weighted by Crippen LogP contribution is 2.17. The number of guanidine groups is 1. The molecule has 1 saturated heterocycles. The van der Waals surface area contributed by atoms with Crippen LogP contribution in [0.4, 0.5) is 4.39 Å². The first kappa shape index (κ1) is 26.5. The summed E-state index contributed by atoms with van der Waals surface area (Å²) in [5.74, 6) is -0.354. The molecule has 1 heterocycles. The molecule has 0 atom stereocenters. The molecule has 1 fully saturated rings. The van der Waals surface area contributed by atoms with Gasteiger partial charge in [0.25, 0.3) is 0 Å². The number of rotatable bonds is 7. The van der Waals surface area contributed by atoms with Crippen LogP contribution in [0.5, 0.6) is 0 Å². The Morgan fingerprint density at radius 1 is 1.12 bits per heavy atom. The van der Waals surface area contributed by atoms with Crippen LogP contribution in [0, 0.1) is 12.7 Å². The van der Waals surface area contributed by atoms with Gasteiger partial charge >= 0.3 is 0 Å². The average Bonchev–Trinajstić information content (AvgIpc) is 2.76. The van der Waals surface area contributed by atoms with Gasteiger partial charge in [0.05, 0.1) is 5.75 Å². The van der Waals surface area contributed by atoms with E-state index in [1.54, 1.807) is 7.05 Å². The van der Waals surface area contributed by atoms with E-state index in [0.29, 0.717) is 5.96 Å². The first-order valence-corrected chi connectivity index (χ1v) is 12.3. The highest BCUT2D eigenvalue weighted by atomic mass is 127. The minimum atomic E-state index is -3.70. The number of benzene rings is 2. The second-order valence-electron chi connectivity index (χ2n) is 7.87.